The third-order valence-corrected chi connectivity index (χ3v) is 3.66. The number of allylic oxidation sites excluding steroid dienone is 1. The molecule has 0 aliphatic heterocycles. The van der Waals surface area contributed by atoms with E-state index in [0.29, 0.717) is 0 Å². The molecule has 0 aliphatic carbocycles. The molecule has 0 saturated heterocycles. The molecule has 0 aliphatic rings. The molecule has 0 saturated carbocycles. The molecule has 96 valence electrons. The first-order valence-corrected chi connectivity index (χ1v) is 6.62. The summed E-state index contributed by atoms with van der Waals surface area (Å²) >= 11 is 0. The van der Waals surface area contributed by atoms with Gasteiger partial charge in [0.1, 0.15) is 0 Å². The van der Waals surface area contributed by atoms with Gasteiger partial charge in [0.2, 0.25) is 0 Å². The Morgan fingerprint density at radius 2 is 2.11 bits per heavy atom. The minimum Gasteiger partial charge on any atom is -0.341 e. The molecule has 0 spiro atoms. The topological polar surface area (TPSA) is 30.9 Å². The van der Waals surface area contributed by atoms with Crippen LogP contribution < -0.4 is 5.73 Å². The lowest BCUT2D eigenvalue weighted by Crippen LogP contribution is -2.21. The normalized spacial score (nSPS) is 12.8. The van der Waals surface area contributed by atoms with Gasteiger partial charge in [-0.3, -0.25) is 0 Å². The molecule has 1 unspecified atom stereocenters. The summed E-state index contributed by atoms with van der Waals surface area (Å²) in [5, 5.41) is 1.33. The van der Waals surface area contributed by atoms with Crippen LogP contribution in [0.4, 0.5) is 0 Å². The quantitative estimate of drug-likeness (QED) is 0.800. The minimum absolute atomic E-state index is 0.242. The third kappa shape index (κ3) is 2.21. The van der Waals surface area contributed by atoms with Gasteiger partial charge in [-0.25, -0.2) is 0 Å². The molecule has 0 bridgehead atoms. The van der Waals surface area contributed by atoms with Crippen LogP contribution in [0, 0.1) is 6.92 Å². The van der Waals surface area contributed by atoms with Crippen molar-refractivity contribution in [2.75, 3.05) is 0 Å². The number of fused-ring (bicyclic) bond motifs is 1. The van der Waals surface area contributed by atoms with Crippen LogP contribution >= 0.6 is 0 Å². The Labute approximate surface area is 109 Å². The van der Waals surface area contributed by atoms with E-state index in [1.807, 2.05) is 6.08 Å². The maximum absolute atomic E-state index is 6.12. The van der Waals surface area contributed by atoms with E-state index in [-0.39, 0.29) is 6.04 Å². The summed E-state index contributed by atoms with van der Waals surface area (Å²) in [6, 6.07) is 8.80. The first-order chi connectivity index (χ1) is 8.69. The van der Waals surface area contributed by atoms with Crippen molar-refractivity contribution in [2.45, 2.75) is 39.3 Å². The van der Waals surface area contributed by atoms with Crippen LogP contribution in [0.15, 0.2) is 36.9 Å². The summed E-state index contributed by atoms with van der Waals surface area (Å²) < 4.78 is 2.32. The number of benzene rings is 1. The van der Waals surface area contributed by atoms with Crippen LogP contribution in [0.25, 0.3) is 10.9 Å². The summed E-state index contributed by atoms with van der Waals surface area (Å²) in [6.07, 6.45) is 3.91. The second-order valence-electron chi connectivity index (χ2n) is 4.85. The van der Waals surface area contributed by atoms with Crippen molar-refractivity contribution >= 4 is 10.9 Å². The van der Waals surface area contributed by atoms with Crippen molar-refractivity contribution in [1.29, 1.82) is 0 Å². The number of aromatic nitrogens is 1. The van der Waals surface area contributed by atoms with Gasteiger partial charge in [-0.2, -0.15) is 0 Å². The second-order valence-corrected chi connectivity index (χ2v) is 4.85. The highest BCUT2D eigenvalue weighted by molar-refractivity contribution is 5.85. The van der Waals surface area contributed by atoms with Crippen molar-refractivity contribution in [3.63, 3.8) is 0 Å². The summed E-state index contributed by atoms with van der Waals surface area (Å²) in [7, 11) is 0. The van der Waals surface area contributed by atoms with E-state index in [2.05, 4.69) is 49.3 Å². The smallest absolute Gasteiger partial charge is 0.0488 e. The number of nitrogens with two attached hydrogens (primary N) is 1. The van der Waals surface area contributed by atoms with Gasteiger partial charge >= 0.3 is 0 Å². The Bertz CT molecular complexity index is 551. The zero-order valence-corrected chi connectivity index (χ0v) is 11.3. The van der Waals surface area contributed by atoms with E-state index in [1.54, 1.807) is 0 Å². The lowest BCUT2D eigenvalue weighted by molar-refractivity contribution is 0.643. The van der Waals surface area contributed by atoms with E-state index in [0.717, 1.165) is 19.4 Å². The van der Waals surface area contributed by atoms with Gasteiger partial charge in [-0.1, -0.05) is 31.2 Å². The average Bonchev–Trinajstić information content (AvgIpc) is 2.65. The number of para-hydroxylation sites is 1. The first kappa shape index (κ1) is 12.9. The maximum Gasteiger partial charge on any atom is 0.0488 e. The SMILES string of the molecule is C=CCn1c(C)c(CC(N)CC)c2ccccc21. The van der Waals surface area contributed by atoms with Gasteiger partial charge in [0.15, 0.2) is 0 Å². The predicted molar refractivity (Wildman–Crippen MR) is 78.8 cm³/mol. The number of rotatable bonds is 5. The molecule has 1 aromatic carbocycles. The molecule has 0 radical (unpaired) electrons. The van der Waals surface area contributed by atoms with Crippen LogP contribution in [0.2, 0.25) is 0 Å². The fraction of sp³-hybridized carbons (Fsp3) is 0.375. The summed E-state index contributed by atoms with van der Waals surface area (Å²) in [6.45, 7) is 9.02. The lowest BCUT2D eigenvalue weighted by Gasteiger charge is -2.09. The van der Waals surface area contributed by atoms with Gasteiger partial charge in [0.05, 0.1) is 0 Å². The van der Waals surface area contributed by atoms with Crippen LogP contribution in [0.1, 0.15) is 24.6 Å². The molecule has 0 fully saturated rings. The zero-order chi connectivity index (χ0) is 13.1. The van der Waals surface area contributed by atoms with E-state index >= 15 is 0 Å². The van der Waals surface area contributed by atoms with E-state index in [4.69, 9.17) is 5.73 Å². The molecule has 18 heavy (non-hydrogen) atoms. The Kier molecular flexibility index (Phi) is 3.87. The Morgan fingerprint density at radius 1 is 1.39 bits per heavy atom. The molecule has 2 heteroatoms. The Balaban J connectivity index is 2.57. The molecule has 0 amide bonds. The molecule has 2 aromatic rings. The minimum atomic E-state index is 0.242. The van der Waals surface area contributed by atoms with Crippen molar-refractivity contribution in [3.8, 4) is 0 Å². The van der Waals surface area contributed by atoms with Crippen LogP contribution in [-0.2, 0) is 13.0 Å². The number of hydrogen-bond donors (Lipinski definition) is 1. The first-order valence-electron chi connectivity index (χ1n) is 6.62. The van der Waals surface area contributed by atoms with Crippen molar-refractivity contribution < 1.29 is 0 Å². The van der Waals surface area contributed by atoms with E-state index in [1.165, 1.54) is 22.2 Å². The monoisotopic (exact) mass is 242 g/mol. The molecule has 1 heterocycles. The zero-order valence-electron chi connectivity index (χ0n) is 11.3. The molecule has 2 nitrogen and oxygen atoms in total. The molecule has 1 atom stereocenters. The maximum atomic E-state index is 6.12. The summed E-state index contributed by atoms with van der Waals surface area (Å²) in [5.74, 6) is 0. The number of hydrogen-bond acceptors (Lipinski definition) is 1. The predicted octanol–water partition coefficient (Wildman–Crippen LogP) is 3.42. The highest BCUT2D eigenvalue weighted by Gasteiger charge is 2.14. The molecule has 2 rings (SSSR count). The molecule has 1 aromatic heterocycles. The van der Waals surface area contributed by atoms with Crippen LogP contribution in [-0.4, -0.2) is 10.6 Å². The fourth-order valence-corrected chi connectivity index (χ4v) is 2.53. The van der Waals surface area contributed by atoms with Crippen molar-refractivity contribution in [2.24, 2.45) is 5.73 Å². The highest BCUT2D eigenvalue weighted by Crippen LogP contribution is 2.27. The van der Waals surface area contributed by atoms with Gasteiger partial charge in [0.25, 0.3) is 0 Å². The third-order valence-electron chi connectivity index (χ3n) is 3.66. The largest absolute Gasteiger partial charge is 0.341 e. The molecule has 2 N–H and O–H groups in total. The Morgan fingerprint density at radius 3 is 2.78 bits per heavy atom. The van der Waals surface area contributed by atoms with Gasteiger partial charge in [-0.15, -0.1) is 6.58 Å². The summed E-state index contributed by atoms with van der Waals surface area (Å²) in [5.41, 5.74) is 10.1. The van der Waals surface area contributed by atoms with Gasteiger partial charge in [-0.05, 0) is 31.4 Å². The van der Waals surface area contributed by atoms with Crippen molar-refractivity contribution in [1.82, 2.24) is 4.57 Å². The van der Waals surface area contributed by atoms with E-state index in [9.17, 15) is 0 Å². The molecular weight excluding hydrogens is 220 g/mol. The van der Waals surface area contributed by atoms with Crippen LogP contribution in [0.5, 0.6) is 0 Å². The summed E-state index contributed by atoms with van der Waals surface area (Å²) in [4.78, 5) is 0. The van der Waals surface area contributed by atoms with Crippen molar-refractivity contribution in [3.05, 3.63) is 48.2 Å². The number of nitrogens with zero attached hydrogens (tertiary/aromatic N) is 1. The van der Waals surface area contributed by atoms with E-state index < -0.39 is 0 Å². The lowest BCUT2D eigenvalue weighted by atomic mass is 10.0. The standard InChI is InChI=1S/C16H22N2/c1-4-10-18-12(3)15(11-13(17)5-2)14-8-6-7-9-16(14)18/h4,6-9,13H,1,5,10-11,17H2,2-3H3. The molecular formula is C16H22N2. The second kappa shape index (κ2) is 5.40. The van der Waals surface area contributed by atoms with Crippen LogP contribution in [0.3, 0.4) is 0 Å². The van der Waals surface area contributed by atoms with Gasteiger partial charge in [0, 0.05) is 29.2 Å². The fourth-order valence-electron chi connectivity index (χ4n) is 2.53. The Hall–Kier alpha value is -1.54. The average molecular weight is 242 g/mol. The highest BCUT2D eigenvalue weighted by atomic mass is 15.0. The van der Waals surface area contributed by atoms with Gasteiger partial charge < -0.3 is 10.3 Å².